The Morgan fingerprint density at radius 3 is 2.87 bits per heavy atom. The maximum absolute atomic E-state index is 12.8. The molecule has 2 N–H and O–H groups in total. The number of hydrogen-bond donors (Lipinski definition) is 1. The van der Waals surface area contributed by atoms with Crippen LogP contribution in [0, 0.1) is 0 Å². The van der Waals surface area contributed by atoms with Crippen molar-refractivity contribution in [3.63, 3.8) is 0 Å². The van der Waals surface area contributed by atoms with Gasteiger partial charge in [-0.2, -0.15) is 0 Å². The Morgan fingerprint density at radius 1 is 1.43 bits per heavy atom. The zero-order valence-electron chi connectivity index (χ0n) is 13.1. The highest BCUT2D eigenvalue weighted by Crippen LogP contribution is 2.27. The highest BCUT2D eigenvalue weighted by atomic mass is 35.5. The number of benzene rings is 1. The summed E-state index contributed by atoms with van der Waals surface area (Å²) in [5, 5.41) is 0.469. The minimum Gasteiger partial charge on any atom is -0.491 e. The smallest absolute Gasteiger partial charge is 0.257 e. The van der Waals surface area contributed by atoms with E-state index in [2.05, 4.69) is 9.97 Å². The molecule has 122 valence electrons. The second-order valence-electron chi connectivity index (χ2n) is 5.00. The van der Waals surface area contributed by atoms with Crippen LogP contribution in [0.15, 0.2) is 36.8 Å². The molecule has 2 rings (SSSR count). The third-order valence-corrected chi connectivity index (χ3v) is 3.72. The molecular weight excluding hydrogens is 316 g/mol. The van der Waals surface area contributed by atoms with Gasteiger partial charge in [0.05, 0.1) is 17.3 Å². The van der Waals surface area contributed by atoms with E-state index in [1.165, 1.54) is 6.33 Å². The summed E-state index contributed by atoms with van der Waals surface area (Å²) < 4.78 is 5.54. The summed E-state index contributed by atoms with van der Waals surface area (Å²) in [6.07, 6.45) is 3.10. The van der Waals surface area contributed by atoms with Crippen molar-refractivity contribution in [3.05, 3.63) is 53.1 Å². The predicted octanol–water partition coefficient (Wildman–Crippen LogP) is 2.30. The lowest BCUT2D eigenvalue weighted by atomic mass is 10.1. The highest BCUT2D eigenvalue weighted by molar-refractivity contribution is 6.31. The number of halogens is 1. The van der Waals surface area contributed by atoms with Crippen LogP contribution in [0.4, 0.5) is 0 Å². The number of hydrogen-bond acceptors (Lipinski definition) is 5. The van der Waals surface area contributed by atoms with Crippen LogP contribution in [-0.4, -0.2) is 41.0 Å². The minimum atomic E-state index is -0.216. The standard InChI is InChI=1S/C16H19ClN4O2/c1-11(14-5-7-19-10-20-14)21(2)16(22)13-9-12(17)3-4-15(13)23-8-6-18/h3-5,7,9-11H,6,8,18H2,1-2H3/t11-/m0/s1. The van der Waals surface area contributed by atoms with Gasteiger partial charge in [0.25, 0.3) is 5.91 Å². The molecule has 6 nitrogen and oxygen atoms in total. The van der Waals surface area contributed by atoms with E-state index >= 15 is 0 Å². The van der Waals surface area contributed by atoms with E-state index in [0.717, 1.165) is 5.69 Å². The van der Waals surface area contributed by atoms with Crippen molar-refractivity contribution in [2.75, 3.05) is 20.2 Å². The number of carbonyl (C=O) groups is 1. The van der Waals surface area contributed by atoms with Crippen molar-refractivity contribution < 1.29 is 9.53 Å². The average molecular weight is 335 g/mol. The van der Waals surface area contributed by atoms with Crippen LogP contribution < -0.4 is 10.5 Å². The molecule has 7 heteroatoms. The van der Waals surface area contributed by atoms with Crippen LogP contribution in [-0.2, 0) is 0 Å². The lowest BCUT2D eigenvalue weighted by Crippen LogP contribution is -2.30. The molecular formula is C16H19ClN4O2. The molecule has 0 aliphatic heterocycles. The first-order chi connectivity index (χ1) is 11.0. The number of aromatic nitrogens is 2. The first kappa shape index (κ1) is 17.2. The normalized spacial score (nSPS) is 11.8. The molecule has 1 heterocycles. The van der Waals surface area contributed by atoms with Crippen LogP contribution in [0.3, 0.4) is 0 Å². The molecule has 0 unspecified atom stereocenters. The minimum absolute atomic E-state index is 0.203. The van der Waals surface area contributed by atoms with E-state index in [-0.39, 0.29) is 11.9 Å². The number of ether oxygens (including phenoxy) is 1. The summed E-state index contributed by atoms with van der Waals surface area (Å²) in [6, 6.07) is 6.51. The maximum atomic E-state index is 12.8. The first-order valence-corrected chi connectivity index (χ1v) is 7.58. The van der Waals surface area contributed by atoms with E-state index in [1.54, 1.807) is 42.4 Å². The predicted molar refractivity (Wildman–Crippen MR) is 88.5 cm³/mol. The Balaban J connectivity index is 2.26. The van der Waals surface area contributed by atoms with Crippen molar-refractivity contribution in [3.8, 4) is 5.75 Å². The van der Waals surface area contributed by atoms with Gasteiger partial charge in [0, 0.05) is 24.8 Å². The van der Waals surface area contributed by atoms with Gasteiger partial charge in [0.1, 0.15) is 18.7 Å². The Labute approximate surface area is 140 Å². The van der Waals surface area contributed by atoms with Gasteiger partial charge in [-0.05, 0) is 31.2 Å². The topological polar surface area (TPSA) is 81.3 Å². The lowest BCUT2D eigenvalue weighted by Gasteiger charge is -2.25. The third kappa shape index (κ3) is 4.18. The van der Waals surface area contributed by atoms with Crippen molar-refractivity contribution in [1.82, 2.24) is 14.9 Å². The molecule has 1 atom stereocenters. The largest absolute Gasteiger partial charge is 0.491 e. The molecule has 23 heavy (non-hydrogen) atoms. The van der Waals surface area contributed by atoms with Crippen LogP contribution >= 0.6 is 11.6 Å². The molecule has 0 saturated heterocycles. The molecule has 1 aromatic carbocycles. The molecule has 0 aliphatic carbocycles. The third-order valence-electron chi connectivity index (χ3n) is 3.48. The van der Waals surface area contributed by atoms with Crippen LogP contribution in [0.5, 0.6) is 5.75 Å². The van der Waals surface area contributed by atoms with E-state index in [4.69, 9.17) is 22.1 Å². The van der Waals surface area contributed by atoms with Crippen LogP contribution in [0.25, 0.3) is 0 Å². The van der Waals surface area contributed by atoms with Gasteiger partial charge in [0.2, 0.25) is 0 Å². The van der Waals surface area contributed by atoms with Crippen molar-refractivity contribution in [1.29, 1.82) is 0 Å². The van der Waals surface area contributed by atoms with Gasteiger partial charge in [0.15, 0.2) is 0 Å². The summed E-state index contributed by atoms with van der Waals surface area (Å²) in [6.45, 7) is 2.59. The van der Waals surface area contributed by atoms with Gasteiger partial charge in [-0.3, -0.25) is 4.79 Å². The molecule has 1 amide bonds. The van der Waals surface area contributed by atoms with Crippen molar-refractivity contribution in [2.45, 2.75) is 13.0 Å². The summed E-state index contributed by atoms with van der Waals surface area (Å²) in [5.74, 6) is 0.261. The number of nitrogens with two attached hydrogens (primary N) is 1. The lowest BCUT2D eigenvalue weighted by molar-refractivity contribution is 0.0735. The Hall–Kier alpha value is -2.18. The fraction of sp³-hybridized carbons (Fsp3) is 0.312. The van der Waals surface area contributed by atoms with Crippen molar-refractivity contribution in [2.24, 2.45) is 5.73 Å². The van der Waals surface area contributed by atoms with E-state index in [1.807, 2.05) is 6.92 Å². The van der Waals surface area contributed by atoms with Crippen molar-refractivity contribution >= 4 is 17.5 Å². The van der Waals surface area contributed by atoms with Gasteiger partial charge >= 0.3 is 0 Å². The highest BCUT2D eigenvalue weighted by Gasteiger charge is 2.23. The number of rotatable bonds is 6. The Bertz CT molecular complexity index is 666. The molecule has 0 aliphatic rings. The van der Waals surface area contributed by atoms with E-state index in [9.17, 15) is 4.79 Å². The zero-order valence-corrected chi connectivity index (χ0v) is 13.8. The van der Waals surface area contributed by atoms with Gasteiger partial charge in [-0.15, -0.1) is 0 Å². The summed E-state index contributed by atoms with van der Waals surface area (Å²) in [4.78, 5) is 22.5. The average Bonchev–Trinajstić information content (AvgIpc) is 2.59. The summed E-state index contributed by atoms with van der Waals surface area (Å²) in [7, 11) is 1.71. The summed E-state index contributed by atoms with van der Waals surface area (Å²) in [5.41, 5.74) is 6.61. The molecule has 1 aromatic heterocycles. The zero-order chi connectivity index (χ0) is 16.8. The van der Waals surface area contributed by atoms with Gasteiger partial charge < -0.3 is 15.4 Å². The molecule has 0 fully saturated rings. The summed E-state index contributed by atoms with van der Waals surface area (Å²) >= 11 is 6.02. The number of carbonyl (C=O) groups excluding carboxylic acids is 1. The second-order valence-corrected chi connectivity index (χ2v) is 5.44. The SMILES string of the molecule is C[C@@H](c1ccncn1)N(C)C(=O)c1cc(Cl)ccc1OCCN. The quantitative estimate of drug-likeness (QED) is 0.876. The fourth-order valence-electron chi connectivity index (χ4n) is 2.08. The van der Waals surface area contributed by atoms with E-state index in [0.29, 0.717) is 29.5 Å². The molecule has 2 aromatic rings. The van der Waals surface area contributed by atoms with Gasteiger partial charge in [-0.25, -0.2) is 9.97 Å². The maximum Gasteiger partial charge on any atom is 0.257 e. The van der Waals surface area contributed by atoms with Gasteiger partial charge in [-0.1, -0.05) is 11.6 Å². The monoisotopic (exact) mass is 334 g/mol. The molecule has 0 bridgehead atoms. The fourth-order valence-corrected chi connectivity index (χ4v) is 2.25. The van der Waals surface area contributed by atoms with E-state index < -0.39 is 0 Å². The van der Waals surface area contributed by atoms with Crippen LogP contribution in [0.1, 0.15) is 29.0 Å². The molecule has 0 radical (unpaired) electrons. The first-order valence-electron chi connectivity index (χ1n) is 7.20. The Kier molecular flexibility index (Phi) is 5.90. The number of amides is 1. The Morgan fingerprint density at radius 2 is 2.22 bits per heavy atom. The van der Waals surface area contributed by atoms with Crippen LogP contribution in [0.2, 0.25) is 5.02 Å². The second kappa shape index (κ2) is 7.89. The molecule has 0 saturated carbocycles. The molecule has 0 spiro atoms. The number of nitrogens with zero attached hydrogens (tertiary/aromatic N) is 3.